The molecule has 1 amide bonds. The Morgan fingerprint density at radius 3 is 2.65 bits per heavy atom. The van der Waals surface area contributed by atoms with Gasteiger partial charge in [-0.05, 0) is 32.3 Å². The smallest absolute Gasteiger partial charge is 0.240 e. The van der Waals surface area contributed by atoms with Crippen molar-refractivity contribution in [2.75, 3.05) is 0 Å². The number of benzene rings is 1. The van der Waals surface area contributed by atoms with Gasteiger partial charge in [-0.1, -0.05) is 43.2 Å². The summed E-state index contributed by atoms with van der Waals surface area (Å²) in [7, 11) is 0. The SMILES string of the molecule is CC1(C)C(=O)N[C@H]2CCCC[C@@H]2N1Cc1ccccc1. The highest BCUT2D eigenvalue weighted by Gasteiger charge is 2.47. The molecular weight excluding hydrogens is 248 g/mol. The summed E-state index contributed by atoms with van der Waals surface area (Å²) in [6.07, 6.45) is 4.83. The number of nitrogens with one attached hydrogen (secondary N) is 1. The van der Waals surface area contributed by atoms with Crippen molar-refractivity contribution in [3.8, 4) is 0 Å². The molecule has 0 spiro atoms. The lowest BCUT2D eigenvalue weighted by atomic mass is 9.82. The average molecular weight is 272 g/mol. The summed E-state index contributed by atoms with van der Waals surface area (Å²) in [6.45, 7) is 4.97. The first-order valence-corrected chi connectivity index (χ1v) is 7.70. The van der Waals surface area contributed by atoms with Crippen LogP contribution in [0.15, 0.2) is 30.3 Å². The molecule has 1 aliphatic heterocycles. The van der Waals surface area contributed by atoms with Crippen molar-refractivity contribution in [2.45, 2.75) is 63.7 Å². The average Bonchev–Trinajstić information content (AvgIpc) is 2.45. The van der Waals surface area contributed by atoms with Crippen LogP contribution in [0.25, 0.3) is 0 Å². The lowest BCUT2D eigenvalue weighted by molar-refractivity contribution is -0.143. The molecule has 0 unspecified atom stereocenters. The van der Waals surface area contributed by atoms with Crippen LogP contribution in [0, 0.1) is 0 Å². The summed E-state index contributed by atoms with van der Waals surface area (Å²) in [5, 5.41) is 3.24. The van der Waals surface area contributed by atoms with E-state index >= 15 is 0 Å². The minimum Gasteiger partial charge on any atom is -0.350 e. The Hall–Kier alpha value is -1.35. The maximum Gasteiger partial charge on any atom is 0.240 e. The summed E-state index contributed by atoms with van der Waals surface area (Å²) < 4.78 is 0. The van der Waals surface area contributed by atoms with Gasteiger partial charge in [-0.15, -0.1) is 0 Å². The summed E-state index contributed by atoms with van der Waals surface area (Å²) in [5.41, 5.74) is 0.869. The van der Waals surface area contributed by atoms with Crippen molar-refractivity contribution in [3.05, 3.63) is 35.9 Å². The number of fused-ring (bicyclic) bond motifs is 1. The van der Waals surface area contributed by atoms with Crippen molar-refractivity contribution in [2.24, 2.45) is 0 Å². The maximum absolute atomic E-state index is 12.4. The minimum absolute atomic E-state index is 0.177. The van der Waals surface area contributed by atoms with Crippen molar-refractivity contribution in [3.63, 3.8) is 0 Å². The third-order valence-corrected chi connectivity index (χ3v) is 4.92. The molecule has 1 heterocycles. The first-order valence-electron chi connectivity index (χ1n) is 7.70. The van der Waals surface area contributed by atoms with Crippen LogP contribution in [0.5, 0.6) is 0 Å². The van der Waals surface area contributed by atoms with E-state index in [1.165, 1.54) is 24.8 Å². The van der Waals surface area contributed by atoms with E-state index in [0.29, 0.717) is 12.1 Å². The monoisotopic (exact) mass is 272 g/mol. The van der Waals surface area contributed by atoms with Gasteiger partial charge in [-0.3, -0.25) is 9.69 Å². The first kappa shape index (κ1) is 13.6. The number of hydrogen-bond acceptors (Lipinski definition) is 2. The topological polar surface area (TPSA) is 32.3 Å². The van der Waals surface area contributed by atoms with Gasteiger partial charge in [0.05, 0.1) is 5.54 Å². The van der Waals surface area contributed by atoms with Crippen molar-refractivity contribution < 1.29 is 4.79 Å². The number of carbonyl (C=O) groups is 1. The zero-order valence-corrected chi connectivity index (χ0v) is 12.4. The van der Waals surface area contributed by atoms with Crippen LogP contribution >= 0.6 is 0 Å². The van der Waals surface area contributed by atoms with Crippen LogP contribution in [0.4, 0.5) is 0 Å². The number of piperazine rings is 1. The molecule has 1 aliphatic carbocycles. The van der Waals surface area contributed by atoms with Crippen LogP contribution in [-0.2, 0) is 11.3 Å². The van der Waals surface area contributed by atoms with E-state index in [0.717, 1.165) is 13.0 Å². The van der Waals surface area contributed by atoms with Gasteiger partial charge in [0.15, 0.2) is 0 Å². The zero-order valence-electron chi connectivity index (χ0n) is 12.4. The molecule has 2 fully saturated rings. The molecule has 0 bridgehead atoms. The molecule has 0 radical (unpaired) electrons. The van der Waals surface area contributed by atoms with Crippen molar-refractivity contribution >= 4 is 5.91 Å². The molecule has 0 aromatic heterocycles. The predicted molar refractivity (Wildman–Crippen MR) is 80.3 cm³/mol. The summed E-state index contributed by atoms with van der Waals surface area (Å²) in [4.78, 5) is 14.8. The Morgan fingerprint density at radius 1 is 1.20 bits per heavy atom. The number of rotatable bonds is 2. The predicted octanol–water partition coefficient (Wildman–Crippen LogP) is 2.71. The standard InChI is InChI=1S/C17H24N2O/c1-17(2)16(20)18-14-10-6-7-11-15(14)19(17)12-13-8-4-3-5-9-13/h3-5,8-9,14-15H,6-7,10-12H2,1-2H3,(H,18,20)/t14-,15-/m0/s1. The van der Waals surface area contributed by atoms with Gasteiger partial charge in [-0.25, -0.2) is 0 Å². The molecule has 108 valence electrons. The fraction of sp³-hybridized carbons (Fsp3) is 0.588. The fourth-order valence-electron chi connectivity index (χ4n) is 3.64. The summed E-state index contributed by atoms with van der Waals surface area (Å²) in [5.74, 6) is 0.177. The van der Waals surface area contributed by atoms with Gasteiger partial charge < -0.3 is 5.32 Å². The van der Waals surface area contributed by atoms with Crippen molar-refractivity contribution in [1.29, 1.82) is 0 Å². The molecule has 2 aliphatic rings. The van der Waals surface area contributed by atoms with E-state index in [-0.39, 0.29) is 5.91 Å². The van der Waals surface area contributed by atoms with E-state index < -0.39 is 5.54 Å². The lowest BCUT2D eigenvalue weighted by Crippen LogP contribution is -2.70. The van der Waals surface area contributed by atoms with Crippen LogP contribution < -0.4 is 5.32 Å². The van der Waals surface area contributed by atoms with Crippen LogP contribution in [-0.4, -0.2) is 28.4 Å². The highest BCUT2D eigenvalue weighted by molar-refractivity contribution is 5.86. The Labute approximate surface area is 121 Å². The molecule has 3 rings (SSSR count). The van der Waals surface area contributed by atoms with Gasteiger partial charge in [-0.2, -0.15) is 0 Å². The molecule has 1 N–H and O–H groups in total. The van der Waals surface area contributed by atoms with E-state index in [9.17, 15) is 4.79 Å². The molecule has 3 heteroatoms. The minimum atomic E-state index is -0.422. The molecule has 1 saturated heterocycles. The van der Waals surface area contributed by atoms with E-state index in [1.54, 1.807) is 0 Å². The largest absolute Gasteiger partial charge is 0.350 e. The van der Waals surface area contributed by atoms with Crippen LogP contribution in [0.3, 0.4) is 0 Å². The van der Waals surface area contributed by atoms with Gasteiger partial charge in [0.1, 0.15) is 0 Å². The second kappa shape index (κ2) is 5.21. The zero-order chi connectivity index (χ0) is 14.2. The number of carbonyl (C=O) groups excluding carboxylic acids is 1. The summed E-state index contributed by atoms with van der Waals surface area (Å²) >= 11 is 0. The molecule has 1 saturated carbocycles. The number of nitrogens with zero attached hydrogens (tertiary/aromatic N) is 1. The normalized spacial score (nSPS) is 29.6. The van der Waals surface area contributed by atoms with Gasteiger partial charge in [0.2, 0.25) is 5.91 Å². The van der Waals surface area contributed by atoms with Crippen LogP contribution in [0.1, 0.15) is 45.1 Å². The Morgan fingerprint density at radius 2 is 1.90 bits per heavy atom. The second-order valence-electron chi connectivity index (χ2n) is 6.60. The first-order chi connectivity index (χ1) is 9.59. The fourth-order valence-corrected chi connectivity index (χ4v) is 3.64. The Bertz CT molecular complexity index is 483. The molecule has 3 nitrogen and oxygen atoms in total. The van der Waals surface area contributed by atoms with Crippen molar-refractivity contribution in [1.82, 2.24) is 10.2 Å². The van der Waals surface area contributed by atoms with Gasteiger partial charge >= 0.3 is 0 Å². The molecule has 2 atom stereocenters. The van der Waals surface area contributed by atoms with E-state index in [1.807, 2.05) is 6.07 Å². The van der Waals surface area contributed by atoms with Gasteiger partial charge in [0, 0.05) is 18.6 Å². The quantitative estimate of drug-likeness (QED) is 0.898. The molecular formula is C17H24N2O. The van der Waals surface area contributed by atoms with E-state index in [2.05, 4.69) is 48.3 Å². The molecule has 20 heavy (non-hydrogen) atoms. The number of amides is 1. The summed E-state index contributed by atoms with van der Waals surface area (Å²) in [6, 6.07) is 11.3. The maximum atomic E-state index is 12.4. The van der Waals surface area contributed by atoms with Crippen LogP contribution in [0.2, 0.25) is 0 Å². The lowest BCUT2D eigenvalue weighted by Gasteiger charge is -2.52. The molecule has 1 aromatic carbocycles. The third kappa shape index (κ3) is 2.35. The molecule has 1 aromatic rings. The van der Waals surface area contributed by atoms with E-state index in [4.69, 9.17) is 0 Å². The Balaban J connectivity index is 1.88. The second-order valence-corrected chi connectivity index (χ2v) is 6.60. The number of hydrogen-bond donors (Lipinski definition) is 1. The van der Waals surface area contributed by atoms with Gasteiger partial charge in [0.25, 0.3) is 0 Å². The third-order valence-electron chi connectivity index (χ3n) is 4.92. The highest BCUT2D eigenvalue weighted by Crippen LogP contribution is 2.34. The highest BCUT2D eigenvalue weighted by atomic mass is 16.2. The Kier molecular flexibility index (Phi) is 3.55.